The fourth-order valence-electron chi connectivity index (χ4n) is 1.60. The average molecular weight is 282 g/mol. The Morgan fingerprint density at radius 1 is 1.16 bits per heavy atom. The van der Waals surface area contributed by atoms with E-state index in [4.69, 9.17) is 0 Å². The van der Waals surface area contributed by atoms with Crippen molar-refractivity contribution in [2.75, 3.05) is 13.1 Å². The first kappa shape index (κ1) is 15.7. The summed E-state index contributed by atoms with van der Waals surface area (Å²) in [5.41, 5.74) is 1.12. The van der Waals surface area contributed by atoms with E-state index < -0.39 is 10.0 Å². The van der Waals surface area contributed by atoms with Crippen LogP contribution < -0.4 is 0 Å². The van der Waals surface area contributed by atoms with Gasteiger partial charge in [0.25, 0.3) is 10.0 Å². The van der Waals surface area contributed by atoms with E-state index in [9.17, 15) is 8.42 Å². The van der Waals surface area contributed by atoms with Gasteiger partial charge in [0.05, 0.1) is 4.90 Å². The van der Waals surface area contributed by atoms with Crippen molar-refractivity contribution in [2.45, 2.75) is 38.5 Å². The van der Waals surface area contributed by atoms with Gasteiger partial charge in [0.15, 0.2) is 0 Å². The molecule has 1 rings (SSSR count). The monoisotopic (exact) mass is 282 g/mol. The highest BCUT2D eigenvalue weighted by molar-refractivity contribution is 7.90. The Hall–Kier alpha value is -1.36. The lowest BCUT2D eigenvalue weighted by molar-refractivity contribution is 0.480. The van der Waals surface area contributed by atoms with Gasteiger partial charge in [-0.1, -0.05) is 26.0 Å². The molecule has 0 unspecified atom stereocenters. The van der Waals surface area contributed by atoms with Crippen LogP contribution in [0.3, 0.4) is 0 Å². The highest BCUT2D eigenvalue weighted by atomic mass is 32.2. The van der Waals surface area contributed by atoms with Crippen molar-refractivity contribution in [1.82, 2.24) is 4.90 Å². The highest BCUT2D eigenvalue weighted by Gasteiger charge is 2.12. The molecule has 1 aromatic carbocycles. The Bertz CT molecular complexity index is 515. The lowest BCUT2D eigenvalue weighted by Gasteiger charge is -2.13. The van der Waals surface area contributed by atoms with Crippen LogP contribution >= 0.6 is 0 Å². The molecule has 0 saturated heterocycles. The number of hydrogen-bond acceptors (Lipinski definition) is 2. The van der Waals surface area contributed by atoms with Crippen LogP contribution in [0.2, 0.25) is 0 Å². The fourth-order valence-corrected chi connectivity index (χ4v) is 2.46. The SMILES string of the molecule is CCN(/C=N/S(=O)(=O)c1ccc(C(C)C)cc1)CC. The van der Waals surface area contributed by atoms with Crippen molar-refractivity contribution in [3.05, 3.63) is 29.8 Å². The van der Waals surface area contributed by atoms with Crippen molar-refractivity contribution in [3.8, 4) is 0 Å². The van der Waals surface area contributed by atoms with Gasteiger partial charge >= 0.3 is 0 Å². The molecule has 0 aliphatic heterocycles. The summed E-state index contributed by atoms with van der Waals surface area (Å²) in [5, 5.41) is 0. The molecule has 0 aliphatic carbocycles. The zero-order chi connectivity index (χ0) is 14.5. The number of benzene rings is 1. The van der Waals surface area contributed by atoms with Gasteiger partial charge < -0.3 is 4.90 Å². The average Bonchev–Trinajstić information content (AvgIpc) is 2.40. The molecule has 19 heavy (non-hydrogen) atoms. The Morgan fingerprint density at radius 3 is 2.11 bits per heavy atom. The standard InChI is InChI=1S/C14H22N2O2S/c1-5-16(6-2)11-15-19(17,18)14-9-7-13(8-10-14)12(3)4/h7-12H,5-6H2,1-4H3/b15-11+. The van der Waals surface area contributed by atoms with Gasteiger partial charge in [-0.05, 0) is 37.5 Å². The predicted octanol–water partition coefficient (Wildman–Crippen LogP) is 2.87. The first-order valence-electron chi connectivity index (χ1n) is 6.55. The van der Waals surface area contributed by atoms with Crippen LogP contribution in [0.4, 0.5) is 0 Å². The molecule has 0 atom stereocenters. The second kappa shape index (κ2) is 6.70. The van der Waals surface area contributed by atoms with E-state index in [1.807, 2.05) is 30.9 Å². The summed E-state index contributed by atoms with van der Waals surface area (Å²) in [7, 11) is -3.59. The maximum absolute atomic E-state index is 12.0. The molecule has 0 radical (unpaired) electrons. The topological polar surface area (TPSA) is 49.7 Å². The third kappa shape index (κ3) is 4.35. The number of nitrogens with zero attached hydrogens (tertiary/aromatic N) is 2. The quantitative estimate of drug-likeness (QED) is 0.595. The Balaban J connectivity index is 2.94. The minimum atomic E-state index is -3.59. The molecule has 0 bridgehead atoms. The van der Waals surface area contributed by atoms with E-state index in [0.717, 1.165) is 18.7 Å². The van der Waals surface area contributed by atoms with Gasteiger partial charge in [0.1, 0.15) is 6.34 Å². The van der Waals surface area contributed by atoms with Gasteiger partial charge in [-0.15, -0.1) is 4.40 Å². The molecular weight excluding hydrogens is 260 g/mol. The third-order valence-corrected chi connectivity index (χ3v) is 4.25. The van der Waals surface area contributed by atoms with Crippen LogP contribution in [0.25, 0.3) is 0 Å². The Labute approximate surface area is 116 Å². The van der Waals surface area contributed by atoms with Crippen LogP contribution in [0.1, 0.15) is 39.2 Å². The van der Waals surface area contributed by atoms with Crippen molar-refractivity contribution < 1.29 is 8.42 Å². The van der Waals surface area contributed by atoms with Gasteiger partial charge in [0, 0.05) is 13.1 Å². The highest BCUT2D eigenvalue weighted by Crippen LogP contribution is 2.18. The van der Waals surface area contributed by atoms with E-state index in [1.54, 1.807) is 12.1 Å². The minimum absolute atomic E-state index is 0.236. The van der Waals surface area contributed by atoms with Crippen LogP contribution in [0.15, 0.2) is 33.6 Å². The van der Waals surface area contributed by atoms with Gasteiger partial charge in [-0.25, -0.2) is 0 Å². The molecule has 0 saturated carbocycles. The molecule has 0 heterocycles. The summed E-state index contributed by atoms with van der Waals surface area (Å²) in [6.45, 7) is 9.53. The molecule has 0 spiro atoms. The lowest BCUT2D eigenvalue weighted by Crippen LogP contribution is -2.21. The third-order valence-electron chi connectivity index (χ3n) is 3.01. The van der Waals surface area contributed by atoms with Gasteiger partial charge in [0.2, 0.25) is 0 Å². The largest absolute Gasteiger partial charge is 0.362 e. The molecule has 106 valence electrons. The normalized spacial score (nSPS) is 12.3. The van der Waals surface area contributed by atoms with E-state index in [0.29, 0.717) is 5.92 Å². The molecule has 0 fully saturated rings. The smallest absolute Gasteiger partial charge is 0.283 e. The molecule has 0 N–H and O–H groups in total. The molecule has 0 aliphatic rings. The lowest BCUT2D eigenvalue weighted by atomic mass is 10.0. The molecule has 5 heteroatoms. The minimum Gasteiger partial charge on any atom is -0.362 e. The van der Waals surface area contributed by atoms with Gasteiger partial charge in [-0.2, -0.15) is 8.42 Å². The van der Waals surface area contributed by atoms with Gasteiger partial charge in [-0.3, -0.25) is 0 Å². The maximum Gasteiger partial charge on any atom is 0.283 e. The summed E-state index contributed by atoms with van der Waals surface area (Å²) in [6.07, 6.45) is 1.39. The van der Waals surface area contributed by atoms with Crippen LogP contribution in [-0.2, 0) is 10.0 Å². The second-order valence-electron chi connectivity index (χ2n) is 4.64. The molecule has 0 aromatic heterocycles. The maximum atomic E-state index is 12.0. The second-order valence-corrected chi connectivity index (χ2v) is 6.27. The molecule has 4 nitrogen and oxygen atoms in total. The van der Waals surface area contributed by atoms with Crippen LogP contribution in [0.5, 0.6) is 0 Å². The van der Waals surface area contributed by atoms with E-state index in [2.05, 4.69) is 18.2 Å². The fraction of sp³-hybridized carbons (Fsp3) is 0.500. The van der Waals surface area contributed by atoms with Crippen LogP contribution in [-0.4, -0.2) is 32.7 Å². The van der Waals surface area contributed by atoms with Crippen LogP contribution in [0, 0.1) is 0 Å². The number of rotatable bonds is 6. The van der Waals surface area contributed by atoms with Crippen molar-refractivity contribution in [2.24, 2.45) is 4.40 Å². The first-order chi connectivity index (χ1) is 8.90. The van der Waals surface area contributed by atoms with E-state index in [1.165, 1.54) is 6.34 Å². The van der Waals surface area contributed by atoms with E-state index >= 15 is 0 Å². The summed E-state index contributed by atoms with van der Waals surface area (Å²) >= 11 is 0. The van der Waals surface area contributed by atoms with Crippen molar-refractivity contribution in [3.63, 3.8) is 0 Å². The summed E-state index contributed by atoms with van der Waals surface area (Å²) in [4.78, 5) is 2.07. The molecule has 0 amide bonds. The zero-order valence-electron chi connectivity index (χ0n) is 12.0. The Kier molecular flexibility index (Phi) is 5.54. The molecule has 1 aromatic rings. The zero-order valence-corrected chi connectivity index (χ0v) is 12.8. The number of hydrogen-bond donors (Lipinski definition) is 0. The number of sulfonamides is 1. The van der Waals surface area contributed by atoms with E-state index in [-0.39, 0.29) is 4.90 Å². The molecular formula is C14H22N2O2S. The Morgan fingerprint density at radius 2 is 1.68 bits per heavy atom. The van der Waals surface area contributed by atoms with Crippen molar-refractivity contribution >= 4 is 16.4 Å². The first-order valence-corrected chi connectivity index (χ1v) is 7.99. The summed E-state index contributed by atoms with van der Waals surface area (Å²) in [5.74, 6) is 0.385. The predicted molar refractivity (Wildman–Crippen MR) is 79.1 cm³/mol. The summed E-state index contributed by atoms with van der Waals surface area (Å²) < 4.78 is 27.8. The summed E-state index contributed by atoms with van der Waals surface area (Å²) in [6, 6.07) is 6.91. The van der Waals surface area contributed by atoms with Crippen molar-refractivity contribution in [1.29, 1.82) is 0 Å².